The Kier molecular flexibility index (Phi) is 8.39. The quantitative estimate of drug-likeness (QED) is 0.452. The Labute approximate surface area is 151 Å². The van der Waals surface area contributed by atoms with Crippen LogP contribution in [-0.4, -0.2) is 28.1 Å². The number of aliphatic carboxylic acids is 1. The Hall–Kier alpha value is -1.42. The molecule has 2 N–H and O–H groups in total. The van der Waals surface area contributed by atoms with Gasteiger partial charge in [0.1, 0.15) is 5.78 Å². The first-order chi connectivity index (χ1) is 12.1. The van der Waals surface area contributed by atoms with Crippen molar-refractivity contribution in [3.05, 3.63) is 23.8 Å². The summed E-state index contributed by atoms with van der Waals surface area (Å²) in [7, 11) is 0. The first-order valence-corrected chi connectivity index (χ1v) is 9.84. The molecule has 0 bridgehead atoms. The topological polar surface area (TPSA) is 74.6 Å². The number of carbonyl (C=O) groups excluding carboxylic acids is 1. The summed E-state index contributed by atoms with van der Waals surface area (Å²) in [6, 6.07) is 0. The minimum Gasteiger partial charge on any atom is -0.481 e. The number of rotatable bonds is 10. The third-order valence-corrected chi connectivity index (χ3v) is 5.62. The fourth-order valence-electron chi connectivity index (χ4n) is 4.07. The molecule has 4 heteroatoms. The zero-order valence-corrected chi connectivity index (χ0v) is 15.2. The van der Waals surface area contributed by atoms with E-state index in [1.807, 2.05) is 12.2 Å². The van der Waals surface area contributed by atoms with Crippen molar-refractivity contribution in [3.63, 3.8) is 0 Å². The molecule has 2 aliphatic carbocycles. The molecule has 0 spiro atoms. The van der Waals surface area contributed by atoms with Crippen LogP contribution < -0.4 is 0 Å². The summed E-state index contributed by atoms with van der Waals surface area (Å²) in [5.74, 6) is -0.0771. The van der Waals surface area contributed by atoms with Crippen molar-refractivity contribution in [3.8, 4) is 0 Å². The van der Waals surface area contributed by atoms with Gasteiger partial charge in [-0.15, -0.1) is 0 Å². The smallest absolute Gasteiger partial charge is 0.303 e. The molecular weight excluding hydrogens is 316 g/mol. The Morgan fingerprint density at radius 3 is 2.72 bits per heavy atom. The maximum Gasteiger partial charge on any atom is 0.303 e. The second-order valence-electron chi connectivity index (χ2n) is 7.50. The number of aliphatic hydroxyl groups is 1. The maximum atomic E-state index is 12.1. The van der Waals surface area contributed by atoms with E-state index in [4.69, 9.17) is 5.11 Å². The minimum atomic E-state index is -0.763. The van der Waals surface area contributed by atoms with Gasteiger partial charge >= 0.3 is 5.97 Å². The number of carboxylic acid groups (broad SMARTS) is 1. The third-order valence-electron chi connectivity index (χ3n) is 5.62. The van der Waals surface area contributed by atoms with Gasteiger partial charge in [-0.2, -0.15) is 0 Å². The highest BCUT2D eigenvalue weighted by atomic mass is 16.4. The van der Waals surface area contributed by atoms with Gasteiger partial charge in [0.05, 0.1) is 6.10 Å². The largest absolute Gasteiger partial charge is 0.481 e. The van der Waals surface area contributed by atoms with Crippen LogP contribution in [0.3, 0.4) is 0 Å². The molecule has 0 radical (unpaired) electrons. The van der Waals surface area contributed by atoms with Gasteiger partial charge in [0, 0.05) is 18.8 Å². The van der Waals surface area contributed by atoms with E-state index in [2.05, 4.69) is 6.08 Å². The van der Waals surface area contributed by atoms with Crippen molar-refractivity contribution in [2.75, 3.05) is 0 Å². The molecule has 0 saturated heterocycles. The molecule has 0 aliphatic heterocycles. The molecule has 0 heterocycles. The van der Waals surface area contributed by atoms with Gasteiger partial charge in [-0.1, -0.05) is 43.1 Å². The van der Waals surface area contributed by atoms with E-state index in [0.29, 0.717) is 25.2 Å². The molecule has 2 aliphatic rings. The molecule has 0 aromatic carbocycles. The van der Waals surface area contributed by atoms with Gasteiger partial charge in [-0.25, -0.2) is 0 Å². The summed E-state index contributed by atoms with van der Waals surface area (Å²) in [6.07, 6.45) is 16.3. The summed E-state index contributed by atoms with van der Waals surface area (Å²) in [5.41, 5.74) is 1.19. The van der Waals surface area contributed by atoms with Crippen LogP contribution in [0.2, 0.25) is 0 Å². The molecule has 2 atom stereocenters. The zero-order valence-electron chi connectivity index (χ0n) is 15.2. The van der Waals surface area contributed by atoms with E-state index in [1.54, 1.807) is 0 Å². The van der Waals surface area contributed by atoms with Crippen molar-refractivity contribution in [2.45, 2.75) is 83.2 Å². The monoisotopic (exact) mass is 348 g/mol. The van der Waals surface area contributed by atoms with Gasteiger partial charge in [0.15, 0.2) is 0 Å². The highest BCUT2D eigenvalue weighted by Gasteiger charge is 2.28. The standard InChI is InChI=1S/C21H32O4/c22-19(17-8-4-3-5-9-17)14-12-16-13-15-20(23)18(16)10-6-1-2-7-11-21(24)25/h1,6,13,17-19,22H,2-5,7-12,14-15H2,(H,24,25)/b6-1-/t18-,19+/m1/s1. The Balaban J connectivity index is 1.72. The molecule has 0 aromatic heterocycles. The second-order valence-corrected chi connectivity index (χ2v) is 7.50. The number of carboxylic acids is 1. The van der Waals surface area contributed by atoms with Crippen LogP contribution in [0, 0.1) is 11.8 Å². The highest BCUT2D eigenvalue weighted by Crippen LogP contribution is 2.33. The average Bonchev–Trinajstić information content (AvgIpc) is 2.96. The van der Waals surface area contributed by atoms with Gasteiger partial charge in [0.2, 0.25) is 0 Å². The predicted octanol–water partition coefficient (Wildman–Crippen LogP) is 4.42. The molecular formula is C21H32O4. The van der Waals surface area contributed by atoms with Crippen LogP contribution in [0.5, 0.6) is 0 Å². The molecule has 2 rings (SSSR count). The van der Waals surface area contributed by atoms with E-state index in [1.165, 1.54) is 24.8 Å². The lowest BCUT2D eigenvalue weighted by Crippen LogP contribution is -2.23. The van der Waals surface area contributed by atoms with Crippen molar-refractivity contribution < 1.29 is 19.8 Å². The van der Waals surface area contributed by atoms with Crippen LogP contribution in [0.4, 0.5) is 0 Å². The van der Waals surface area contributed by atoms with Crippen LogP contribution >= 0.6 is 0 Å². The van der Waals surface area contributed by atoms with Gasteiger partial charge in [-0.3, -0.25) is 9.59 Å². The molecule has 25 heavy (non-hydrogen) atoms. The first kappa shape index (κ1) is 19.9. The third kappa shape index (κ3) is 6.77. The number of hydrogen-bond acceptors (Lipinski definition) is 3. The van der Waals surface area contributed by atoms with Crippen molar-refractivity contribution in [1.29, 1.82) is 0 Å². The fourth-order valence-corrected chi connectivity index (χ4v) is 4.07. The van der Waals surface area contributed by atoms with Crippen LogP contribution in [0.25, 0.3) is 0 Å². The zero-order chi connectivity index (χ0) is 18.1. The maximum absolute atomic E-state index is 12.1. The molecule has 0 unspecified atom stereocenters. The highest BCUT2D eigenvalue weighted by molar-refractivity contribution is 5.88. The van der Waals surface area contributed by atoms with E-state index in [9.17, 15) is 14.7 Å². The van der Waals surface area contributed by atoms with Gasteiger partial charge < -0.3 is 10.2 Å². The van der Waals surface area contributed by atoms with Crippen LogP contribution in [0.15, 0.2) is 23.8 Å². The van der Waals surface area contributed by atoms with Crippen molar-refractivity contribution in [1.82, 2.24) is 0 Å². The summed E-state index contributed by atoms with van der Waals surface area (Å²) >= 11 is 0. The van der Waals surface area contributed by atoms with Crippen molar-refractivity contribution >= 4 is 11.8 Å². The average molecular weight is 348 g/mol. The number of unbranched alkanes of at least 4 members (excludes halogenated alkanes) is 1. The Bertz CT molecular complexity index is 500. The van der Waals surface area contributed by atoms with E-state index >= 15 is 0 Å². The van der Waals surface area contributed by atoms with Crippen LogP contribution in [0.1, 0.15) is 77.0 Å². The minimum absolute atomic E-state index is 0.0331. The van der Waals surface area contributed by atoms with Crippen molar-refractivity contribution in [2.24, 2.45) is 11.8 Å². The lowest BCUT2D eigenvalue weighted by Gasteiger charge is -2.27. The first-order valence-electron chi connectivity index (χ1n) is 9.84. The SMILES string of the molecule is O=C(O)CCC/C=C\C[C@H]1C(=O)CC=C1CC[C@H](O)C1CCCCC1. The van der Waals surface area contributed by atoms with E-state index in [0.717, 1.165) is 32.1 Å². The number of carbonyl (C=O) groups is 2. The molecule has 4 nitrogen and oxygen atoms in total. The van der Waals surface area contributed by atoms with Gasteiger partial charge in [0.25, 0.3) is 0 Å². The molecule has 0 aromatic rings. The normalized spacial score (nSPS) is 23.2. The lowest BCUT2D eigenvalue weighted by atomic mass is 9.82. The Morgan fingerprint density at radius 2 is 2.00 bits per heavy atom. The Morgan fingerprint density at radius 1 is 1.24 bits per heavy atom. The number of allylic oxidation sites excluding steroid dienone is 4. The summed E-state index contributed by atoms with van der Waals surface area (Å²) in [6.45, 7) is 0. The molecule has 140 valence electrons. The number of aliphatic hydroxyl groups excluding tert-OH is 1. The molecule has 1 saturated carbocycles. The van der Waals surface area contributed by atoms with Crippen LogP contribution in [-0.2, 0) is 9.59 Å². The van der Waals surface area contributed by atoms with E-state index < -0.39 is 5.97 Å². The fraction of sp³-hybridized carbons (Fsp3) is 0.714. The summed E-state index contributed by atoms with van der Waals surface area (Å²) in [5, 5.41) is 19.0. The predicted molar refractivity (Wildman–Crippen MR) is 98.3 cm³/mol. The lowest BCUT2D eigenvalue weighted by molar-refractivity contribution is -0.137. The molecule has 0 amide bonds. The number of Topliss-reactive ketones (excluding diaryl/α,β-unsaturated/α-hetero) is 1. The summed E-state index contributed by atoms with van der Waals surface area (Å²) in [4.78, 5) is 22.6. The number of hydrogen-bond donors (Lipinski definition) is 2. The number of ketones is 1. The second kappa shape index (κ2) is 10.5. The van der Waals surface area contributed by atoms with E-state index in [-0.39, 0.29) is 24.2 Å². The van der Waals surface area contributed by atoms with Gasteiger partial charge in [-0.05, 0) is 50.9 Å². The summed E-state index contributed by atoms with van der Waals surface area (Å²) < 4.78 is 0. The molecule has 1 fully saturated rings.